The Bertz CT molecular complexity index is 1040. The number of halogens is 1. The van der Waals surface area contributed by atoms with Crippen molar-refractivity contribution in [3.05, 3.63) is 40.5 Å². The van der Waals surface area contributed by atoms with Gasteiger partial charge in [0.1, 0.15) is 10.5 Å². The smallest absolute Gasteiger partial charge is 0.274 e. The average molecular weight is 401 g/mol. The lowest BCUT2D eigenvalue weighted by atomic mass is 10.1. The fourth-order valence-corrected chi connectivity index (χ4v) is 4.04. The molecule has 3 aromatic rings. The molecular weight excluding hydrogens is 381 g/mol. The quantitative estimate of drug-likeness (QED) is 0.690. The van der Waals surface area contributed by atoms with Crippen molar-refractivity contribution >= 4 is 33.5 Å². The highest BCUT2D eigenvalue weighted by Gasteiger charge is 2.28. The first kappa shape index (κ1) is 18.6. The third-order valence-electron chi connectivity index (χ3n) is 4.65. The molecule has 146 valence electrons. The highest BCUT2D eigenvalue weighted by atomic mass is 32.1. The van der Waals surface area contributed by atoms with E-state index in [9.17, 15) is 9.18 Å². The molecular formula is C18H20FN7OS. The molecule has 0 aliphatic carbocycles. The second-order valence-electron chi connectivity index (χ2n) is 6.88. The molecule has 4 rings (SSSR count). The van der Waals surface area contributed by atoms with E-state index in [4.69, 9.17) is 5.73 Å². The molecule has 3 N–H and O–H groups in total. The van der Waals surface area contributed by atoms with E-state index >= 15 is 0 Å². The van der Waals surface area contributed by atoms with Crippen LogP contribution in [0.2, 0.25) is 0 Å². The molecule has 2 atom stereocenters. The molecule has 0 bridgehead atoms. The van der Waals surface area contributed by atoms with Gasteiger partial charge in [-0.1, -0.05) is 0 Å². The van der Waals surface area contributed by atoms with Crippen molar-refractivity contribution in [2.24, 2.45) is 5.73 Å². The van der Waals surface area contributed by atoms with Gasteiger partial charge in [0.25, 0.3) is 5.91 Å². The van der Waals surface area contributed by atoms with Crippen LogP contribution in [-0.2, 0) is 0 Å². The van der Waals surface area contributed by atoms with Crippen LogP contribution in [0.3, 0.4) is 0 Å². The third-order valence-corrected chi connectivity index (χ3v) is 5.61. The largest absolute Gasteiger partial charge is 0.348 e. The molecule has 8 nitrogen and oxygen atoms in total. The number of rotatable bonds is 4. The molecule has 1 unspecified atom stereocenters. The molecule has 0 saturated carbocycles. The van der Waals surface area contributed by atoms with Crippen LogP contribution in [0.5, 0.6) is 0 Å². The number of hydrogen-bond donors (Lipinski definition) is 2. The number of anilines is 1. The number of pyridine rings is 1. The summed E-state index contributed by atoms with van der Waals surface area (Å²) in [6.07, 6.45) is 3.49. The Labute approximate surface area is 165 Å². The standard InChI is InChI=1S/C18H20FN7OS/c1-9(11-5-12(19)7-21-6-11)22-18-24-14(15-16(25-18)23-10(2)28-15)17(27)26-4-3-13(20)8-26/h5-7,9,13H,3-4,8,20H2,1-2H3,(H,22,24,25)/t9?,13-/m0/s1. The van der Waals surface area contributed by atoms with Gasteiger partial charge in [-0.2, -0.15) is 4.98 Å². The van der Waals surface area contributed by atoms with Crippen LogP contribution in [0.4, 0.5) is 10.3 Å². The number of thiazole rings is 1. The summed E-state index contributed by atoms with van der Waals surface area (Å²) in [6, 6.07) is 1.08. The van der Waals surface area contributed by atoms with Crippen molar-refractivity contribution in [1.82, 2.24) is 24.8 Å². The normalized spacial score (nSPS) is 17.9. The number of likely N-dealkylation sites (tertiary alicyclic amines) is 1. The van der Waals surface area contributed by atoms with Gasteiger partial charge in [0.2, 0.25) is 5.95 Å². The van der Waals surface area contributed by atoms with Crippen LogP contribution >= 0.6 is 11.3 Å². The molecule has 1 aliphatic heterocycles. The van der Waals surface area contributed by atoms with E-state index < -0.39 is 5.82 Å². The summed E-state index contributed by atoms with van der Waals surface area (Å²) >= 11 is 1.39. The molecule has 0 spiro atoms. The Morgan fingerprint density at radius 1 is 1.39 bits per heavy atom. The summed E-state index contributed by atoms with van der Waals surface area (Å²) in [7, 11) is 0. The Morgan fingerprint density at radius 2 is 2.21 bits per heavy atom. The molecule has 10 heteroatoms. The minimum atomic E-state index is -0.418. The summed E-state index contributed by atoms with van der Waals surface area (Å²) in [5.41, 5.74) is 7.38. The molecule has 0 radical (unpaired) electrons. The van der Waals surface area contributed by atoms with Crippen LogP contribution in [0.25, 0.3) is 10.3 Å². The number of nitrogens with one attached hydrogen (secondary N) is 1. The number of carbonyl (C=O) groups excluding carboxylic acids is 1. The fraction of sp³-hybridized carbons (Fsp3) is 0.389. The van der Waals surface area contributed by atoms with E-state index in [0.29, 0.717) is 34.7 Å². The molecule has 3 aromatic heterocycles. The molecule has 1 saturated heterocycles. The Morgan fingerprint density at radius 3 is 2.93 bits per heavy atom. The molecule has 1 aliphatic rings. The minimum Gasteiger partial charge on any atom is -0.348 e. The number of fused-ring (bicyclic) bond motifs is 1. The van der Waals surface area contributed by atoms with Gasteiger partial charge in [-0.25, -0.2) is 14.4 Å². The first-order chi connectivity index (χ1) is 13.4. The number of nitrogens with two attached hydrogens (primary N) is 1. The van der Waals surface area contributed by atoms with Crippen molar-refractivity contribution in [2.75, 3.05) is 18.4 Å². The molecule has 1 fully saturated rings. The number of amides is 1. The van der Waals surface area contributed by atoms with Gasteiger partial charge < -0.3 is 16.0 Å². The van der Waals surface area contributed by atoms with Gasteiger partial charge in [0, 0.05) is 25.3 Å². The predicted octanol–water partition coefficient (Wildman–Crippen LogP) is 2.28. The number of aromatic nitrogens is 4. The SMILES string of the molecule is Cc1nc2nc(NC(C)c3cncc(F)c3)nc(C(=O)N3CC[C@H](N)C3)c2s1. The predicted molar refractivity (Wildman–Crippen MR) is 105 cm³/mol. The molecule has 4 heterocycles. The summed E-state index contributed by atoms with van der Waals surface area (Å²) in [6.45, 7) is 4.82. The van der Waals surface area contributed by atoms with Crippen molar-refractivity contribution in [2.45, 2.75) is 32.4 Å². The number of carbonyl (C=O) groups is 1. The topological polar surface area (TPSA) is 110 Å². The fourth-order valence-electron chi connectivity index (χ4n) is 3.20. The van der Waals surface area contributed by atoms with Crippen LogP contribution < -0.4 is 11.1 Å². The Hall–Kier alpha value is -2.72. The van der Waals surface area contributed by atoms with E-state index in [0.717, 1.165) is 17.6 Å². The zero-order valence-electron chi connectivity index (χ0n) is 15.5. The van der Waals surface area contributed by atoms with Crippen molar-refractivity contribution in [3.63, 3.8) is 0 Å². The summed E-state index contributed by atoms with van der Waals surface area (Å²) in [5, 5.41) is 3.92. The lowest BCUT2D eigenvalue weighted by Crippen LogP contribution is -2.32. The first-order valence-corrected chi connectivity index (χ1v) is 9.79. The summed E-state index contributed by atoms with van der Waals surface area (Å²) in [4.78, 5) is 31.9. The van der Waals surface area contributed by atoms with E-state index in [2.05, 4.69) is 25.3 Å². The van der Waals surface area contributed by atoms with Crippen molar-refractivity contribution in [3.8, 4) is 0 Å². The zero-order valence-corrected chi connectivity index (χ0v) is 16.3. The Balaban J connectivity index is 1.68. The molecule has 28 heavy (non-hydrogen) atoms. The van der Waals surface area contributed by atoms with Crippen LogP contribution in [0.1, 0.15) is 40.4 Å². The van der Waals surface area contributed by atoms with Crippen molar-refractivity contribution in [1.29, 1.82) is 0 Å². The zero-order chi connectivity index (χ0) is 19.8. The molecule has 1 amide bonds. The average Bonchev–Trinajstić information content (AvgIpc) is 3.25. The van der Waals surface area contributed by atoms with Gasteiger partial charge in [-0.05, 0) is 31.9 Å². The Kier molecular flexibility index (Phi) is 4.90. The summed E-state index contributed by atoms with van der Waals surface area (Å²) < 4.78 is 14.1. The van der Waals surface area contributed by atoms with Gasteiger partial charge >= 0.3 is 0 Å². The number of aryl methyl sites for hydroxylation is 1. The maximum absolute atomic E-state index is 13.5. The third kappa shape index (κ3) is 3.65. The van der Waals surface area contributed by atoms with E-state index in [1.165, 1.54) is 17.4 Å². The number of hydrogen-bond acceptors (Lipinski definition) is 8. The van der Waals surface area contributed by atoms with Crippen LogP contribution in [0, 0.1) is 12.7 Å². The lowest BCUT2D eigenvalue weighted by Gasteiger charge is -2.17. The lowest BCUT2D eigenvalue weighted by molar-refractivity contribution is 0.0787. The monoisotopic (exact) mass is 401 g/mol. The maximum atomic E-state index is 13.5. The highest BCUT2D eigenvalue weighted by molar-refractivity contribution is 7.18. The second kappa shape index (κ2) is 7.36. The minimum absolute atomic E-state index is 0.0115. The van der Waals surface area contributed by atoms with Gasteiger partial charge in [0.15, 0.2) is 11.3 Å². The van der Waals surface area contributed by atoms with Gasteiger partial charge in [0.05, 0.1) is 17.2 Å². The molecule has 0 aromatic carbocycles. The van der Waals surface area contributed by atoms with E-state index in [1.807, 2.05) is 13.8 Å². The summed E-state index contributed by atoms with van der Waals surface area (Å²) in [5.74, 6) is -0.326. The van der Waals surface area contributed by atoms with E-state index in [1.54, 1.807) is 11.1 Å². The highest BCUT2D eigenvalue weighted by Crippen LogP contribution is 2.27. The van der Waals surface area contributed by atoms with E-state index in [-0.39, 0.29) is 23.9 Å². The number of nitrogens with zero attached hydrogens (tertiary/aromatic N) is 5. The van der Waals surface area contributed by atoms with Gasteiger partial charge in [-0.15, -0.1) is 11.3 Å². The van der Waals surface area contributed by atoms with Crippen LogP contribution in [0.15, 0.2) is 18.5 Å². The van der Waals surface area contributed by atoms with Crippen molar-refractivity contribution < 1.29 is 9.18 Å². The second-order valence-corrected chi connectivity index (χ2v) is 8.09. The van der Waals surface area contributed by atoms with Gasteiger partial charge in [-0.3, -0.25) is 9.78 Å². The first-order valence-electron chi connectivity index (χ1n) is 8.97. The maximum Gasteiger partial charge on any atom is 0.274 e. The van der Waals surface area contributed by atoms with Crippen LogP contribution in [-0.4, -0.2) is 49.9 Å².